The average molecular weight is 777 g/mol. The monoisotopic (exact) mass is 777 g/mol. The number of piperazine rings is 2. The zero-order valence-corrected chi connectivity index (χ0v) is 36.2. The fourth-order valence-electron chi connectivity index (χ4n) is 9.28. The van der Waals surface area contributed by atoms with Crippen LogP contribution < -0.4 is 5.32 Å². The molecule has 2 aromatic carbocycles. The van der Waals surface area contributed by atoms with Gasteiger partial charge < -0.3 is 24.6 Å². The molecule has 0 spiro atoms. The highest BCUT2D eigenvalue weighted by molar-refractivity contribution is 5.15. The highest BCUT2D eigenvalue weighted by Gasteiger charge is 2.34. The van der Waals surface area contributed by atoms with Crippen LogP contribution in [0.3, 0.4) is 0 Å². The summed E-state index contributed by atoms with van der Waals surface area (Å²) in [6.45, 7) is 27.8. The predicted molar refractivity (Wildman–Crippen MR) is 231 cm³/mol. The molecule has 2 aromatic rings. The highest BCUT2D eigenvalue weighted by Crippen LogP contribution is 2.36. The molecule has 5 aliphatic rings. The fourth-order valence-corrected chi connectivity index (χ4v) is 9.28. The van der Waals surface area contributed by atoms with Crippen LogP contribution in [-0.4, -0.2) is 123 Å². The highest BCUT2D eigenvalue weighted by atomic mass is 16.6. The molecule has 2 N–H and O–H groups in total. The van der Waals surface area contributed by atoms with E-state index in [1.165, 1.54) is 56.3 Å². The van der Waals surface area contributed by atoms with Crippen molar-refractivity contribution in [1.29, 1.82) is 0 Å². The van der Waals surface area contributed by atoms with Crippen molar-refractivity contribution in [1.82, 2.24) is 20.0 Å². The molecule has 3 aliphatic heterocycles. The summed E-state index contributed by atoms with van der Waals surface area (Å²) in [4.78, 5) is 7.39. The minimum absolute atomic E-state index is 0.320. The molecule has 0 radical (unpaired) electrons. The van der Waals surface area contributed by atoms with Crippen LogP contribution in [0, 0.1) is 35.5 Å². The molecule has 3 heterocycles. The normalized spacial score (nSPS) is 29.6. The van der Waals surface area contributed by atoms with E-state index >= 15 is 0 Å². The molecule has 0 amide bonds. The Hall–Kier alpha value is -1.88. The van der Waals surface area contributed by atoms with E-state index in [-0.39, 0.29) is 6.10 Å². The lowest BCUT2D eigenvalue weighted by Crippen LogP contribution is -2.49. The van der Waals surface area contributed by atoms with Gasteiger partial charge in [-0.1, -0.05) is 115 Å². The summed E-state index contributed by atoms with van der Waals surface area (Å²) in [5.41, 5.74) is 2.80. The maximum atomic E-state index is 10.5. The maximum Gasteiger partial charge on any atom is 0.104 e. The van der Waals surface area contributed by atoms with Crippen molar-refractivity contribution in [3.8, 4) is 0 Å². The number of ether oxygens (including phenoxy) is 3. The number of aliphatic hydroxyl groups is 1. The summed E-state index contributed by atoms with van der Waals surface area (Å²) in [6, 6.07) is 21.4. The van der Waals surface area contributed by atoms with Gasteiger partial charge in [-0.3, -0.25) is 14.7 Å². The first-order valence-corrected chi connectivity index (χ1v) is 22.6. The lowest BCUT2D eigenvalue weighted by atomic mass is 9.75. The third-order valence-corrected chi connectivity index (χ3v) is 13.0. The summed E-state index contributed by atoms with van der Waals surface area (Å²) in [5, 5.41) is 13.9. The van der Waals surface area contributed by atoms with Gasteiger partial charge in [0.25, 0.3) is 0 Å². The number of nitrogens with one attached hydrogen (secondary N) is 1. The summed E-state index contributed by atoms with van der Waals surface area (Å²) >= 11 is 0. The number of β-amino-alcohol motifs (C(OH)–C–C–N with tert-alkyl or cyclic N) is 1. The molecule has 2 saturated carbocycles. The Kier molecular flexibility index (Phi) is 19.6. The number of hydrogen-bond donors (Lipinski definition) is 2. The lowest BCUT2D eigenvalue weighted by Gasteiger charge is -2.38. The second kappa shape index (κ2) is 24.3. The van der Waals surface area contributed by atoms with Gasteiger partial charge in [0.05, 0.1) is 38.1 Å². The average Bonchev–Trinajstić information content (AvgIpc) is 4.03. The third kappa shape index (κ3) is 16.4. The van der Waals surface area contributed by atoms with Crippen LogP contribution >= 0.6 is 0 Å². The van der Waals surface area contributed by atoms with Crippen molar-refractivity contribution >= 4 is 0 Å². The van der Waals surface area contributed by atoms with Crippen LogP contribution in [0.2, 0.25) is 0 Å². The Labute approximate surface area is 342 Å². The fraction of sp³-hybridized carbons (Fsp3) is 0.750. The topological polar surface area (TPSA) is 73.0 Å². The van der Waals surface area contributed by atoms with Crippen LogP contribution in [-0.2, 0) is 27.3 Å². The number of epoxide rings is 1. The molecule has 8 heteroatoms. The minimum Gasteiger partial charge on any atom is -0.389 e. The van der Waals surface area contributed by atoms with E-state index in [9.17, 15) is 5.11 Å². The molecule has 56 heavy (non-hydrogen) atoms. The van der Waals surface area contributed by atoms with E-state index in [4.69, 9.17) is 14.2 Å². The first-order chi connectivity index (χ1) is 27.1. The number of aliphatic hydroxyl groups excluding tert-OH is 1. The Bertz CT molecular complexity index is 1300. The number of hydrogen-bond acceptors (Lipinski definition) is 8. The van der Waals surface area contributed by atoms with Gasteiger partial charge in [-0.2, -0.15) is 0 Å². The molecule has 2 aliphatic carbocycles. The molecule has 5 fully saturated rings. The van der Waals surface area contributed by atoms with Crippen molar-refractivity contribution in [3.05, 3.63) is 71.8 Å². The Balaban J connectivity index is 0.000000179. The standard InChI is InChI=1S/C24H40N2O2.C13H24O2.C11H16N2/c1-19(2)23-10-9-20(3)15-24(23)28-18-22(27)17-26-13-11-25(12-14-26)16-21-7-5-4-6-8-21;1-9(2)12-5-4-10(3)6-13(12)15-8-11-7-14-11;1-2-4-11(5-3-1)10-13-8-6-12-7-9-13/h4-8,19-20,22-24,27H,9-18H2,1-3H3;9-13H,4-8H2,1-3H3;1-5,12H,6-10H2. The summed E-state index contributed by atoms with van der Waals surface area (Å²) in [7, 11) is 0. The predicted octanol–water partition coefficient (Wildman–Crippen LogP) is 7.60. The SMILES string of the molecule is CC1CCC(C(C)C)C(OCC(O)CN2CCN(Cc3ccccc3)CC2)C1.CC1CCC(C(C)C)C(OCC2CO2)C1.c1ccc(CN2CCNCC2)cc1. The van der Waals surface area contributed by atoms with Crippen LogP contribution in [0.25, 0.3) is 0 Å². The summed E-state index contributed by atoms with van der Waals surface area (Å²) in [6.07, 6.45) is 8.53. The number of nitrogens with zero attached hydrogens (tertiary/aromatic N) is 3. The van der Waals surface area contributed by atoms with Crippen molar-refractivity contribution in [3.63, 3.8) is 0 Å². The van der Waals surface area contributed by atoms with Crippen LogP contribution in [0.15, 0.2) is 60.7 Å². The quantitative estimate of drug-likeness (QED) is 0.190. The molecule has 316 valence electrons. The van der Waals surface area contributed by atoms with E-state index < -0.39 is 0 Å². The summed E-state index contributed by atoms with van der Waals surface area (Å²) in [5.74, 6) is 4.40. The molecule has 7 rings (SSSR count). The molecular weight excluding hydrogens is 697 g/mol. The van der Waals surface area contributed by atoms with Gasteiger partial charge in [0.2, 0.25) is 0 Å². The van der Waals surface area contributed by atoms with E-state index in [0.29, 0.717) is 36.8 Å². The van der Waals surface area contributed by atoms with Crippen molar-refractivity contribution < 1.29 is 19.3 Å². The van der Waals surface area contributed by atoms with Gasteiger partial charge in [-0.25, -0.2) is 0 Å². The van der Waals surface area contributed by atoms with E-state index in [1.807, 2.05) is 0 Å². The summed E-state index contributed by atoms with van der Waals surface area (Å²) < 4.78 is 17.5. The Morgan fingerprint density at radius 3 is 1.61 bits per heavy atom. The molecule has 8 unspecified atom stereocenters. The molecule has 0 aromatic heterocycles. The van der Waals surface area contributed by atoms with Gasteiger partial charge >= 0.3 is 0 Å². The molecule has 8 atom stereocenters. The van der Waals surface area contributed by atoms with Crippen molar-refractivity contribution in [2.75, 3.05) is 78.7 Å². The van der Waals surface area contributed by atoms with E-state index in [1.54, 1.807) is 0 Å². The van der Waals surface area contributed by atoms with Crippen LogP contribution in [0.1, 0.15) is 91.2 Å². The Morgan fingerprint density at radius 2 is 1.12 bits per heavy atom. The zero-order valence-electron chi connectivity index (χ0n) is 36.2. The second-order valence-electron chi connectivity index (χ2n) is 18.6. The van der Waals surface area contributed by atoms with E-state index in [0.717, 1.165) is 102 Å². The molecule has 3 saturated heterocycles. The Morgan fingerprint density at radius 1 is 0.661 bits per heavy atom. The van der Waals surface area contributed by atoms with Gasteiger partial charge in [-0.05, 0) is 72.3 Å². The number of rotatable bonds is 14. The van der Waals surface area contributed by atoms with Gasteiger partial charge in [0.1, 0.15) is 6.10 Å². The van der Waals surface area contributed by atoms with Crippen molar-refractivity contribution in [2.45, 2.75) is 118 Å². The first kappa shape index (κ1) is 45.2. The minimum atomic E-state index is -0.384. The maximum absolute atomic E-state index is 10.5. The van der Waals surface area contributed by atoms with Gasteiger partial charge in [0, 0.05) is 72.0 Å². The van der Waals surface area contributed by atoms with Crippen molar-refractivity contribution in [2.24, 2.45) is 35.5 Å². The molecule has 0 bridgehead atoms. The van der Waals surface area contributed by atoms with Gasteiger partial charge in [-0.15, -0.1) is 0 Å². The third-order valence-electron chi connectivity index (χ3n) is 13.0. The lowest BCUT2D eigenvalue weighted by molar-refractivity contribution is -0.0755. The first-order valence-electron chi connectivity index (χ1n) is 22.6. The van der Waals surface area contributed by atoms with Crippen LogP contribution in [0.5, 0.6) is 0 Å². The van der Waals surface area contributed by atoms with E-state index in [2.05, 4.69) is 122 Å². The smallest absolute Gasteiger partial charge is 0.104 e. The second-order valence-corrected chi connectivity index (χ2v) is 18.6. The van der Waals surface area contributed by atoms with Crippen LogP contribution in [0.4, 0.5) is 0 Å². The van der Waals surface area contributed by atoms with Gasteiger partial charge in [0.15, 0.2) is 0 Å². The molecule has 8 nitrogen and oxygen atoms in total. The number of benzene rings is 2. The molecular formula is C48H80N4O4. The zero-order chi connectivity index (χ0) is 39.7. The largest absolute Gasteiger partial charge is 0.389 e.